The quantitative estimate of drug-likeness (QED) is 0.336. The van der Waals surface area contributed by atoms with Crippen molar-refractivity contribution < 1.29 is 4.39 Å². The highest BCUT2D eigenvalue weighted by Gasteiger charge is 2.14. The van der Waals surface area contributed by atoms with Crippen molar-refractivity contribution in [3.63, 3.8) is 0 Å². The minimum absolute atomic E-state index is 0.343. The standard InChI is InChI=1S/C22H17ClFN5S/c1-13-3-4-15(9-14(13)2)19-11-20-21-25-26-22(28(21)7-8-29(20)27-19)30-12-16-5-6-17(24)10-18(16)23/h3-11H,12H2,1-2H3. The number of rotatable bonds is 4. The predicted molar refractivity (Wildman–Crippen MR) is 118 cm³/mol. The zero-order chi connectivity index (χ0) is 20.8. The molecule has 0 aliphatic rings. The van der Waals surface area contributed by atoms with Gasteiger partial charge in [-0.2, -0.15) is 5.10 Å². The van der Waals surface area contributed by atoms with Gasteiger partial charge in [-0.1, -0.05) is 41.6 Å². The van der Waals surface area contributed by atoms with Gasteiger partial charge in [0.2, 0.25) is 0 Å². The molecule has 8 heteroatoms. The highest BCUT2D eigenvalue weighted by molar-refractivity contribution is 7.98. The van der Waals surface area contributed by atoms with Crippen molar-refractivity contribution in [3.8, 4) is 11.3 Å². The van der Waals surface area contributed by atoms with Gasteiger partial charge in [-0.05, 0) is 54.8 Å². The van der Waals surface area contributed by atoms with Crippen LogP contribution in [0.25, 0.3) is 22.4 Å². The molecule has 0 unspecified atom stereocenters. The van der Waals surface area contributed by atoms with E-state index in [2.05, 4.69) is 42.2 Å². The first-order valence-electron chi connectivity index (χ1n) is 9.37. The van der Waals surface area contributed by atoms with E-state index >= 15 is 0 Å². The molecule has 0 saturated carbocycles. The first-order chi connectivity index (χ1) is 14.5. The van der Waals surface area contributed by atoms with Crippen molar-refractivity contribution in [2.45, 2.75) is 24.8 Å². The van der Waals surface area contributed by atoms with Crippen LogP contribution < -0.4 is 0 Å². The third-order valence-electron chi connectivity index (χ3n) is 5.16. The molecule has 0 radical (unpaired) electrons. The summed E-state index contributed by atoms with van der Waals surface area (Å²) in [7, 11) is 0. The fraction of sp³-hybridized carbons (Fsp3) is 0.136. The molecule has 150 valence electrons. The molecule has 0 aliphatic heterocycles. The zero-order valence-electron chi connectivity index (χ0n) is 16.3. The molecule has 0 bridgehead atoms. The van der Waals surface area contributed by atoms with E-state index in [1.807, 2.05) is 27.4 Å². The maximum absolute atomic E-state index is 13.3. The topological polar surface area (TPSA) is 47.5 Å². The van der Waals surface area contributed by atoms with E-state index in [1.54, 1.807) is 6.07 Å². The number of hydrogen-bond acceptors (Lipinski definition) is 4. The third-order valence-corrected chi connectivity index (χ3v) is 6.50. The number of aryl methyl sites for hydroxylation is 2. The average molecular weight is 438 g/mol. The number of aromatic nitrogens is 5. The van der Waals surface area contributed by atoms with Crippen molar-refractivity contribution in [1.82, 2.24) is 24.2 Å². The zero-order valence-corrected chi connectivity index (χ0v) is 17.9. The highest BCUT2D eigenvalue weighted by Crippen LogP contribution is 2.28. The normalized spacial score (nSPS) is 11.6. The van der Waals surface area contributed by atoms with Gasteiger partial charge in [-0.3, -0.25) is 4.40 Å². The Morgan fingerprint density at radius 1 is 1.00 bits per heavy atom. The maximum atomic E-state index is 13.3. The number of fused-ring (bicyclic) bond motifs is 3. The number of nitrogens with zero attached hydrogens (tertiary/aromatic N) is 5. The second kappa shape index (κ2) is 7.41. The van der Waals surface area contributed by atoms with Gasteiger partial charge < -0.3 is 0 Å². The fourth-order valence-corrected chi connectivity index (χ4v) is 4.55. The lowest BCUT2D eigenvalue weighted by molar-refractivity contribution is 0.627. The van der Waals surface area contributed by atoms with Gasteiger partial charge in [0.05, 0.1) is 5.69 Å². The van der Waals surface area contributed by atoms with Crippen LogP contribution in [0.3, 0.4) is 0 Å². The van der Waals surface area contributed by atoms with Crippen molar-refractivity contribution in [2.24, 2.45) is 0 Å². The summed E-state index contributed by atoms with van der Waals surface area (Å²) in [6.07, 6.45) is 3.79. The Balaban J connectivity index is 1.49. The summed E-state index contributed by atoms with van der Waals surface area (Å²) in [5.41, 5.74) is 6.90. The van der Waals surface area contributed by atoms with Crippen molar-refractivity contribution in [3.05, 3.63) is 82.4 Å². The Bertz CT molecular complexity index is 1410. The molecule has 0 aliphatic carbocycles. The minimum Gasteiger partial charge on any atom is -0.274 e. The summed E-state index contributed by atoms with van der Waals surface area (Å²) in [6, 6.07) is 12.8. The van der Waals surface area contributed by atoms with Crippen LogP contribution in [-0.2, 0) is 5.75 Å². The summed E-state index contributed by atoms with van der Waals surface area (Å²) in [5.74, 6) is 0.225. The van der Waals surface area contributed by atoms with Crippen LogP contribution in [0.4, 0.5) is 4.39 Å². The summed E-state index contributed by atoms with van der Waals surface area (Å²) in [5, 5.41) is 14.6. The first kappa shape index (κ1) is 19.1. The number of hydrogen-bond donors (Lipinski definition) is 0. The molecule has 5 nitrogen and oxygen atoms in total. The smallest absolute Gasteiger partial charge is 0.196 e. The fourth-order valence-electron chi connectivity index (χ4n) is 3.31. The lowest BCUT2D eigenvalue weighted by atomic mass is 10.0. The van der Waals surface area contributed by atoms with E-state index < -0.39 is 0 Å². The predicted octanol–water partition coefficient (Wildman–Crippen LogP) is 5.75. The van der Waals surface area contributed by atoms with E-state index in [0.717, 1.165) is 33.1 Å². The molecule has 0 N–H and O–H groups in total. The van der Waals surface area contributed by atoms with E-state index in [-0.39, 0.29) is 5.82 Å². The van der Waals surface area contributed by atoms with E-state index in [0.29, 0.717) is 10.8 Å². The molecule has 0 atom stereocenters. The van der Waals surface area contributed by atoms with E-state index in [9.17, 15) is 4.39 Å². The molecule has 0 fully saturated rings. The Kier molecular flexibility index (Phi) is 4.72. The van der Waals surface area contributed by atoms with E-state index in [4.69, 9.17) is 16.7 Å². The molecule has 30 heavy (non-hydrogen) atoms. The SMILES string of the molecule is Cc1ccc(-c2cc3c4nnc(SCc5ccc(F)cc5Cl)n4ccn3n2)cc1C. The highest BCUT2D eigenvalue weighted by atomic mass is 35.5. The molecule has 5 aromatic rings. The van der Waals surface area contributed by atoms with Crippen LogP contribution >= 0.6 is 23.4 Å². The van der Waals surface area contributed by atoms with Gasteiger partial charge in [0.1, 0.15) is 11.3 Å². The maximum Gasteiger partial charge on any atom is 0.196 e. The molecule has 3 aromatic heterocycles. The van der Waals surface area contributed by atoms with E-state index in [1.165, 1.54) is 35.0 Å². The second-order valence-electron chi connectivity index (χ2n) is 7.16. The first-order valence-corrected chi connectivity index (χ1v) is 10.7. The monoisotopic (exact) mass is 437 g/mol. The summed E-state index contributed by atoms with van der Waals surface area (Å²) in [4.78, 5) is 0. The lowest BCUT2D eigenvalue weighted by Crippen LogP contribution is -1.94. The van der Waals surface area contributed by atoms with Crippen LogP contribution in [0, 0.1) is 19.7 Å². The number of halogens is 2. The Morgan fingerprint density at radius 3 is 2.67 bits per heavy atom. The van der Waals surface area contributed by atoms with Crippen molar-refractivity contribution >= 4 is 34.5 Å². The molecule has 0 spiro atoms. The largest absolute Gasteiger partial charge is 0.274 e. The van der Waals surface area contributed by atoms with Crippen LogP contribution in [0.15, 0.2) is 60.0 Å². The van der Waals surface area contributed by atoms with Crippen LogP contribution in [-0.4, -0.2) is 24.2 Å². The third kappa shape index (κ3) is 3.34. The van der Waals surface area contributed by atoms with Crippen molar-refractivity contribution in [2.75, 3.05) is 0 Å². The molecule has 2 aromatic carbocycles. The Labute approximate surface area is 181 Å². The van der Waals surface area contributed by atoms with Gasteiger partial charge >= 0.3 is 0 Å². The number of benzene rings is 2. The van der Waals surface area contributed by atoms with Crippen LogP contribution in [0.1, 0.15) is 16.7 Å². The Hall–Kier alpha value is -2.90. The lowest BCUT2D eigenvalue weighted by Gasteiger charge is -2.04. The molecule has 3 heterocycles. The summed E-state index contributed by atoms with van der Waals surface area (Å²) >= 11 is 7.64. The summed E-state index contributed by atoms with van der Waals surface area (Å²) in [6.45, 7) is 4.20. The number of thioether (sulfide) groups is 1. The molecule has 0 saturated heterocycles. The second-order valence-corrected chi connectivity index (χ2v) is 8.51. The summed E-state index contributed by atoms with van der Waals surface area (Å²) < 4.78 is 17.0. The van der Waals surface area contributed by atoms with Gasteiger partial charge in [-0.25, -0.2) is 8.91 Å². The van der Waals surface area contributed by atoms with Crippen LogP contribution in [0.5, 0.6) is 0 Å². The average Bonchev–Trinajstić information content (AvgIpc) is 3.33. The van der Waals surface area contributed by atoms with Crippen LogP contribution in [0.2, 0.25) is 5.02 Å². The van der Waals surface area contributed by atoms with Crippen molar-refractivity contribution in [1.29, 1.82) is 0 Å². The Morgan fingerprint density at radius 2 is 1.87 bits per heavy atom. The minimum atomic E-state index is -0.343. The van der Waals surface area contributed by atoms with Gasteiger partial charge in [0.15, 0.2) is 10.8 Å². The van der Waals surface area contributed by atoms with Gasteiger partial charge in [0, 0.05) is 28.7 Å². The molecule has 5 rings (SSSR count). The van der Waals surface area contributed by atoms with Gasteiger partial charge in [0.25, 0.3) is 0 Å². The molecular formula is C22H17ClFN5S. The van der Waals surface area contributed by atoms with Gasteiger partial charge in [-0.15, -0.1) is 10.2 Å². The molecule has 0 amide bonds. The molecular weight excluding hydrogens is 421 g/mol.